The Bertz CT molecular complexity index is 231. The Hall–Kier alpha value is -1.09. The molecule has 0 bridgehead atoms. The van der Waals surface area contributed by atoms with Crippen molar-refractivity contribution in [1.82, 2.24) is 9.80 Å². The number of hydrogen-bond donors (Lipinski definition) is 0. The van der Waals surface area contributed by atoms with Gasteiger partial charge in [-0.25, -0.2) is 0 Å². The van der Waals surface area contributed by atoms with Crippen LogP contribution in [0.15, 0.2) is 24.4 Å². The summed E-state index contributed by atoms with van der Waals surface area (Å²) in [5.41, 5.74) is 0.784. The molecule has 0 aromatic heterocycles. The highest BCUT2D eigenvalue weighted by Gasteiger charge is 2.07. The highest BCUT2D eigenvalue weighted by molar-refractivity contribution is 5.88. The molecule has 0 heterocycles. The number of rotatable bonds is 5. The minimum absolute atomic E-state index is 0.00171. The molecule has 0 rings (SSSR count). The second-order valence-corrected chi connectivity index (χ2v) is 3.48. The average Bonchev–Trinajstić information content (AvgIpc) is 2.03. The van der Waals surface area contributed by atoms with Gasteiger partial charge in [0.25, 0.3) is 0 Å². The lowest BCUT2D eigenvalue weighted by atomic mass is 10.3. The molecule has 0 radical (unpaired) electrons. The van der Waals surface area contributed by atoms with Gasteiger partial charge in [0.05, 0.1) is 0 Å². The quantitative estimate of drug-likeness (QED) is 0.622. The molecule has 0 atom stereocenters. The Labute approximate surface area is 86.7 Å². The number of carbonyl (C=O) groups excluding carboxylic acids is 1. The van der Waals surface area contributed by atoms with Crippen LogP contribution in [0.2, 0.25) is 0 Å². The van der Waals surface area contributed by atoms with Gasteiger partial charge in [0.1, 0.15) is 0 Å². The van der Waals surface area contributed by atoms with E-state index < -0.39 is 0 Å². The van der Waals surface area contributed by atoms with Crippen LogP contribution in [0.1, 0.15) is 13.8 Å². The van der Waals surface area contributed by atoms with E-state index in [9.17, 15) is 4.79 Å². The van der Waals surface area contributed by atoms with Crippen molar-refractivity contribution < 1.29 is 4.79 Å². The predicted molar refractivity (Wildman–Crippen MR) is 59.9 cm³/mol. The Morgan fingerprint density at radius 2 is 2.00 bits per heavy atom. The Morgan fingerprint density at radius 3 is 2.36 bits per heavy atom. The molecule has 3 heteroatoms. The van der Waals surface area contributed by atoms with E-state index in [0.29, 0.717) is 6.54 Å². The van der Waals surface area contributed by atoms with Crippen molar-refractivity contribution in [2.75, 3.05) is 27.2 Å². The zero-order valence-corrected chi connectivity index (χ0v) is 9.58. The molecule has 0 aromatic rings. The molecule has 0 aromatic carbocycles. The van der Waals surface area contributed by atoms with Crippen LogP contribution in [-0.2, 0) is 4.79 Å². The largest absolute Gasteiger partial charge is 0.314 e. The van der Waals surface area contributed by atoms with E-state index in [0.717, 1.165) is 12.2 Å². The lowest BCUT2D eigenvalue weighted by molar-refractivity contribution is -0.124. The fourth-order valence-corrected chi connectivity index (χ4v) is 1.07. The standard InChI is InChI=1S/C11H20N2O/c1-6-13(10(2)3)11(14)8-7-9-12(4)5/h7-8H,2,6,9H2,1,3-5H3/b8-7+. The van der Waals surface area contributed by atoms with Crippen LogP contribution in [0.25, 0.3) is 0 Å². The third-order valence-electron chi connectivity index (χ3n) is 1.77. The molecule has 1 amide bonds. The van der Waals surface area contributed by atoms with Crippen LogP contribution in [0.4, 0.5) is 0 Å². The van der Waals surface area contributed by atoms with Crippen molar-refractivity contribution in [2.45, 2.75) is 13.8 Å². The predicted octanol–water partition coefficient (Wildman–Crippen LogP) is 1.49. The van der Waals surface area contributed by atoms with Gasteiger partial charge in [-0.2, -0.15) is 0 Å². The summed E-state index contributed by atoms with van der Waals surface area (Å²) in [5, 5.41) is 0. The third kappa shape index (κ3) is 4.82. The lowest BCUT2D eigenvalue weighted by Gasteiger charge is -2.18. The smallest absolute Gasteiger partial charge is 0.250 e. The molecule has 14 heavy (non-hydrogen) atoms. The van der Waals surface area contributed by atoms with Gasteiger partial charge < -0.3 is 9.80 Å². The molecule has 0 aliphatic rings. The van der Waals surface area contributed by atoms with E-state index >= 15 is 0 Å². The van der Waals surface area contributed by atoms with Crippen molar-refractivity contribution in [3.05, 3.63) is 24.4 Å². The summed E-state index contributed by atoms with van der Waals surface area (Å²) in [7, 11) is 3.93. The van der Waals surface area contributed by atoms with Crippen molar-refractivity contribution in [1.29, 1.82) is 0 Å². The van der Waals surface area contributed by atoms with E-state index in [1.54, 1.807) is 11.0 Å². The SMILES string of the molecule is C=C(C)N(CC)C(=O)/C=C/CN(C)C. The first-order chi connectivity index (χ1) is 6.49. The van der Waals surface area contributed by atoms with Gasteiger partial charge in [-0.15, -0.1) is 0 Å². The van der Waals surface area contributed by atoms with Gasteiger partial charge in [0, 0.05) is 24.9 Å². The summed E-state index contributed by atoms with van der Waals surface area (Å²) in [6.45, 7) is 8.97. The number of likely N-dealkylation sites (N-methyl/N-ethyl adjacent to an activating group) is 2. The molecule has 3 nitrogen and oxygen atoms in total. The molecule has 0 saturated carbocycles. The highest BCUT2D eigenvalue weighted by Crippen LogP contribution is 2.00. The van der Waals surface area contributed by atoms with E-state index in [1.165, 1.54) is 0 Å². The maximum atomic E-state index is 11.6. The van der Waals surface area contributed by atoms with Gasteiger partial charge in [0.2, 0.25) is 5.91 Å². The molecule has 0 N–H and O–H groups in total. The molecule has 0 saturated heterocycles. The summed E-state index contributed by atoms with van der Waals surface area (Å²) in [5.74, 6) is 0.00171. The maximum absolute atomic E-state index is 11.6. The first kappa shape index (κ1) is 12.9. The maximum Gasteiger partial charge on any atom is 0.250 e. The Balaban J connectivity index is 4.17. The first-order valence-electron chi connectivity index (χ1n) is 4.77. The van der Waals surface area contributed by atoms with Crippen LogP contribution in [-0.4, -0.2) is 42.9 Å². The number of allylic oxidation sites excluding steroid dienone is 1. The van der Waals surface area contributed by atoms with Crippen LogP contribution in [0, 0.1) is 0 Å². The number of carbonyl (C=O) groups is 1. The normalized spacial score (nSPS) is 10.9. The van der Waals surface area contributed by atoms with Gasteiger partial charge in [0.15, 0.2) is 0 Å². The summed E-state index contributed by atoms with van der Waals surface area (Å²) < 4.78 is 0. The van der Waals surface area contributed by atoms with E-state index in [-0.39, 0.29) is 5.91 Å². The van der Waals surface area contributed by atoms with Crippen molar-refractivity contribution in [3.63, 3.8) is 0 Å². The minimum atomic E-state index is 0.00171. The van der Waals surface area contributed by atoms with Crippen LogP contribution in [0.3, 0.4) is 0 Å². The topological polar surface area (TPSA) is 23.6 Å². The molecular formula is C11H20N2O. The number of amides is 1. The molecule has 0 aliphatic carbocycles. The van der Waals surface area contributed by atoms with Crippen LogP contribution in [0.5, 0.6) is 0 Å². The van der Waals surface area contributed by atoms with Crippen molar-refractivity contribution in [2.24, 2.45) is 0 Å². The second-order valence-electron chi connectivity index (χ2n) is 3.48. The summed E-state index contributed by atoms with van der Waals surface area (Å²) in [4.78, 5) is 15.2. The molecule has 0 spiro atoms. The minimum Gasteiger partial charge on any atom is -0.314 e. The zero-order chi connectivity index (χ0) is 11.1. The Morgan fingerprint density at radius 1 is 1.43 bits per heavy atom. The molecule has 0 unspecified atom stereocenters. The van der Waals surface area contributed by atoms with Crippen molar-refractivity contribution >= 4 is 5.91 Å². The third-order valence-corrected chi connectivity index (χ3v) is 1.77. The monoisotopic (exact) mass is 196 g/mol. The van der Waals surface area contributed by atoms with Gasteiger partial charge >= 0.3 is 0 Å². The fraction of sp³-hybridized carbons (Fsp3) is 0.545. The van der Waals surface area contributed by atoms with Crippen LogP contribution < -0.4 is 0 Å². The lowest BCUT2D eigenvalue weighted by Crippen LogP contribution is -2.27. The fourth-order valence-electron chi connectivity index (χ4n) is 1.07. The van der Waals surface area contributed by atoms with Crippen molar-refractivity contribution in [3.8, 4) is 0 Å². The van der Waals surface area contributed by atoms with Gasteiger partial charge in [-0.1, -0.05) is 12.7 Å². The van der Waals surface area contributed by atoms with E-state index in [2.05, 4.69) is 6.58 Å². The summed E-state index contributed by atoms with van der Waals surface area (Å²) >= 11 is 0. The number of hydrogen-bond acceptors (Lipinski definition) is 2. The number of nitrogens with zero attached hydrogens (tertiary/aromatic N) is 2. The van der Waals surface area contributed by atoms with Gasteiger partial charge in [-0.05, 0) is 27.9 Å². The first-order valence-corrected chi connectivity index (χ1v) is 4.77. The molecule has 0 fully saturated rings. The van der Waals surface area contributed by atoms with Gasteiger partial charge in [-0.3, -0.25) is 4.79 Å². The van der Waals surface area contributed by atoms with Crippen LogP contribution >= 0.6 is 0 Å². The Kier molecular flexibility index (Phi) is 5.88. The summed E-state index contributed by atoms with van der Waals surface area (Å²) in [6.07, 6.45) is 3.45. The van der Waals surface area contributed by atoms with E-state index in [1.807, 2.05) is 38.9 Å². The second kappa shape index (κ2) is 6.38. The average molecular weight is 196 g/mol. The highest BCUT2D eigenvalue weighted by atomic mass is 16.2. The van der Waals surface area contributed by atoms with E-state index in [4.69, 9.17) is 0 Å². The molecular weight excluding hydrogens is 176 g/mol. The summed E-state index contributed by atoms with van der Waals surface area (Å²) in [6, 6.07) is 0. The zero-order valence-electron chi connectivity index (χ0n) is 9.58. The molecule has 80 valence electrons. The molecule has 0 aliphatic heterocycles.